The number of Topliss-reactive ketones (excluding diaryl/α,β-unsaturated/α-hetero) is 1. The van der Waals surface area contributed by atoms with Crippen LogP contribution in [0, 0.1) is 0 Å². The second-order valence-corrected chi connectivity index (χ2v) is 8.06. The number of methoxy groups -OCH3 is 1. The van der Waals surface area contributed by atoms with Gasteiger partial charge in [-0.1, -0.05) is 31.5 Å². The molecule has 2 heterocycles. The van der Waals surface area contributed by atoms with Crippen molar-refractivity contribution in [1.82, 2.24) is 4.90 Å². The van der Waals surface area contributed by atoms with E-state index in [9.17, 15) is 14.7 Å². The monoisotopic (exact) mass is 429 g/mol. The van der Waals surface area contributed by atoms with Crippen LogP contribution in [0.15, 0.2) is 47.4 Å². The lowest BCUT2D eigenvalue weighted by molar-refractivity contribution is -0.140. The topological polar surface area (TPSA) is 76.1 Å². The molecular weight excluding hydrogens is 402 g/mol. The lowest BCUT2D eigenvalue weighted by Gasteiger charge is -2.24. The highest BCUT2D eigenvalue weighted by atomic mass is 32.1. The Morgan fingerprint density at radius 3 is 2.70 bits per heavy atom. The van der Waals surface area contributed by atoms with Crippen LogP contribution in [0.25, 0.3) is 5.76 Å². The Morgan fingerprint density at radius 2 is 2.00 bits per heavy atom. The molecule has 1 aliphatic rings. The summed E-state index contributed by atoms with van der Waals surface area (Å²) in [5.41, 5.74) is 0.575. The average molecular weight is 430 g/mol. The molecule has 1 unspecified atom stereocenters. The van der Waals surface area contributed by atoms with E-state index in [0.29, 0.717) is 37.5 Å². The van der Waals surface area contributed by atoms with Crippen LogP contribution in [0.2, 0.25) is 0 Å². The highest BCUT2D eigenvalue weighted by Crippen LogP contribution is 2.41. The number of carbonyl (C=O) groups excluding carboxylic acids is 2. The Labute approximate surface area is 180 Å². The molecule has 0 bridgehead atoms. The lowest BCUT2D eigenvalue weighted by atomic mass is 9.99. The van der Waals surface area contributed by atoms with Gasteiger partial charge >= 0.3 is 0 Å². The first-order valence-electron chi connectivity index (χ1n) is 10.1. The van der Waals surface area contributed by atoms with Crippen LogP contribution in [0.5, 0.6) is 5.75 Å². The number of thiophene rings is 1. The summed E-state index contributed by atoms with van der Waals surface area (Å²) >= 11 is 1.45. The highest BCUT2D eigenvalue weighted by Gasteiger charge is 2.46. The number of hydrogen-bond donors (Lipinski definition) is 1. The Morgan fingerprint density at radius 1 is 1.17 bits per heavy atom. The molecule has 2 aromatic rings. The summed E-state index contributed by atoms with van der Waals surface area (Å²) in [6.07, 6.45) is 2.56. The van der Waals surface area contributed by atoms with Crippen molar-refractivity contribution in [2.24, 2.45) is 0 Å². The molecule has 0 aliphatic carbocycles. The zero-order valence-electron chi connectivity index (χ0n) is 17.3. The number of aliphatic hydroxyl groups excluding tert-OH is 1. The van der Waals surface area contributed by atoms with Gasteiger partial charge in [0, 0.05) is 30.7 Å². The summed E-state index contributed by atoms with van der Waals surface area (Å²) in [6, 6.07) is 10.1. The maximum Gasteiger partial charge on any atom is 0.295 e. The molecule has 1 N–H and O–H groups in total. The summed E-state index contributed by atoms with van der Waals surface area (Å²) in [7, 11) is 1.60. The maximum atomic E-state index is 12.9. The number of likely N-dealkylation sites (tertiary alicyclic amines) is 1. The number of nitrogens with zero attached hydrogens (tertiary/aromatic N) is 1. The third-order valence-electron chi connectivity index (χ3n) is 4.97. The van der Waals surface area contributed by atoms with Gasteiger partial charge in [-0.15, -0.1) is 11.3 Å². The number of ketones is 1. The molecule has 30 heavy (non-hydrogen) atoms. The molecule has 0 radical (unpaired) electrons. The second kappa shape index (κ2) is 10.4. The van der Waals surface area contributed by atoms with Gasteiger partial charge in [0.05, 0.1) is 18.2 Å². The van der Waals surface area contributed by atoms with Crippen LogP contribution < -0.4 is 4.74 Å². The van der Waals surface area contributed by atoms with E-state index < -0.39 is 17.7 Å². The normalized spacial score (nSPS) is 18.2. The van der Waals surface area contributed by atoms with Crippen LogP contribution in [0.1, 0.15) is 42.7 Å². The van der Waals surface area contributed by atoms with E-state index in [4.69, 9.17) is 9.47 Å². The van der Waals surface area contributed by atoms with Crippen molar-refractivity contribution in [3.8, 4) is 5.75 Å². The van der Waals surface area contributed by atoms with Crippen molar-refractivity contribution < 1.29 is 24.2 Å². The molecule has 0 spiro atoms. The first-order chi connectivity index (χ1) is 14.6. The van der Waals surface area contributed by atoms with Gasteiger partial charge in [0.15, 0.2) is 0 Å². The highest BCUT2D eigenvalue weighted by molar-refractivity contribution is 7.10. The Kier molecular flexibility index (Phi) is 7.65. The molecule has 3 rings (SSSR count). The largest absolute Gasteiger partial charge is 0.507 e. The van der Waals surface area contributed by atoms with Gasteiger partial charge in [-0.2, -0.15) is 0 Å². The number of ether oxygens (including phenoxy) is 2. The minimum absolute atomic E-state index is 0.116. The smallest absolute Gasteiger partial charge is 0.295 e. The molecule has 0 saturated carbocycles. The summed E-state index contributed by atoms with van der Waals surface area (Å²) in [6.45, 7) is 3.52. The standard InChI is InChI=1S/C23H27NO5S/c1-3-4-13-29-17-9-5-8-16(15-17)21(25)19-20(18-10-6-14-30-18)24(11-7-12-28-2)23(27)22(19)26/h5-6,8-10,14-15,20,25H,3-4,7,11-13H2,1-2H3. The van der Waals surface area contributed by atoms with E-state index in [0.717, 1.165) is 17.7 Å². The maximum absolute atomic E-state index is 12.9. The van der Waals surface area contributed by atoms with Crippen molar-refractivity contribution >= 4 is 28.8 Å². The third kappa shape index (κ3) is 4.74. The summed E-state index contributed by atoms with van der Waals surface area (Å²) < 4.78 is 10.8. The summed E-state index contributed by atoms with van der Waals surface area (Å²) in [5, 5.41) is 13.0. The zero-order valence-corrected chi connectivity index (χ0v) is 18.1. The molecule has 1 aromatic heterocycles. The fourth-order valence-corrected chi connectivity index (χ4v) is 4.30. The minimum atomic E-state index is -0.666. The van der Waals surface area contributed by atoms with Crippen molar-refractivity contribution in [2.75, 3.05) is 26.9 Å². The third-order valence-corrected chi connectivity index (χ3v) is 5.90. The first-order valence-corrected chi connectivity index (χ1v) is 11.0. The number of amides is 1. The molecule has 1 atom stereocenters. The van der Waals surface area contributed by atoms with E-state index in [1.165, 1.54) is 16.2 Å². The van der Waals surface area contributed by atoms with Gasteiger partial charge in [0.2, 0.25) is 0 Å². The van der Waals surface area contributed by atoms with E-state index in [-0.39, 0.29) is 11.3 Å². The van der Waals surface area contributed by atoms with E-state index >= 15 is 0 Å². The summed E-state index contributed by atoms with van der Waals surface area (Å²) in [4.78, 5) is 28.0. The van der Waals surface area contributed by atoms with Gasteiger partial charge in [0.1, 0.15) is 11.5 Å². The molecule has 1 amide bonds. The van der Waals surface area contributed by atoms with Crippen molar-refractivity contribution in [3.63, 3.8) is 0 Å². The fourth-order valence-electron chi connectivity index (χ4n) is 3.46. The van der Waals surface area contributed by atoms with Crippen LogP contribution >= 0.6 is 11.3 Å². The van der Waals surface area contributed by atoms with Gasteiger partial charge in [-0.05, 0) is 36.4 Å². The van der Waals surface area contributed by atoms with Crippen molar-refractivity contribution in [1.29, 1.82) is 0 Å². The molecule has 1 fully saturated rings. The molecule has 7 heteroatoms. The second-order valence-electron chi connectivity index (χ2n) is 7.08. The van der Waals surface area contributed by atoms with E-state index in [2.05, 4.69) is 6.92 Å². The Bertz CT molecular complexity index is 906. The van der Waals surface area contributed by atoms with E-state index in [1.807, 2.05) is 23.6 Å². The molecule has 1 aromatic carbocycles. The van der Waals surface area contributed by atoms with Crippen LogP contribution in [-0.4, -0.2) is 48.6 Å². The molecule has 6 nitrogen and oxygen atoms in total. The van der Waals surface area contributed by atoms with Crippen LogP contribution in [0.3, 0.4) is 0 Å². The van der Waals surface area contributed by atoms with Crippen LogP contribution in [-0.2, 0) is 14.3 Å². The fraction of sp³-hybridized carbons (Fsp3) is 0.391. The minimum Gasteiger partial charge on any atom is -0.507 e. The Hall–Kier alpha value is -2.64. The predicted octanol–water partition coefficient (Wildman–Crippen LogP) is 4.39. The van der Waals surface area contributed by atoms with Crippen LogP contribution in [0.4, 0.5) is 0 Å². The number of carbonyl (C=O) groups is 2. The number of rotatable bonds is 10. The zero-order chi connectivity index (χ0) is 21.5. The molecular formula is C23H27NO5S. The Balaban J connectivity index is 1.98. The number of aliphatic hydroxyl groups is 1. The number of unbranched alkanes of at least 4 members (excludes halogenated alkanes) is 1. The van der Waals surface area contributed by atoms with Gasteiger partial charge < -0.3 is 19.5 Å². The van der Waals surface area contributed by atoms with Gasteiger partial charge in [-0.3, -0.25) is 9.59 Å². The number of benzene rings is 1. The van der Waals surface area contributed by atoms with Crippen molar-refractivity contribution in [2.45, 2.75) is 32.2 Å². The number of hydrogen-bond acceptors (Lipinski definition) is 6. The first kappa shape index (κ1) is 22.1. The van der Waals surface area contributed by atoms with Gasteiger partial charge in [-0.25, -0.2) is 0 Å². The SMILES string of the molecule is CCCCOc1cccc(C(O)=C2C(=O)C(=O)N(CCCOC)C2c2cccs2)c1. The van der Waals surface area contributed by atoms with Crippen molar-refractivity contribution in [3.05, 3.63) is 57.8 Å². The lowest BCUT2D eigenvalue weighted by Crippen LogP contribution is -2.31. The molecule has 1 saturated heterocycles. The predicted molar refractivity (Wildman–Crippen MR) is 117 cm³/mol. The quantitative estimate of drug-likeness (QED) is 0.262. The van der Waals surface area contributed by atoms with E-state index in [1.54, 1.807) is 25.3 Å². The summed E-state index contributed by atoms with van der Waals surface area (Å²) in [5.74, 6) is -0.821. The average Bonchev–Trinajstić information content (AvgIpc) is 3.36. The van der Waals surface area contributed by atoms with Gasteiger partial charge in [0.25, 0.3) is 11.7 Å². The molecule has 160 valence electrons. The molecule has 1 aliphatic heterocycles.